The van der Waals surface area contributed by atoms with Crippen molar-refractivity contribution in [1.82, 2.24) is 10.6 Å². The Balaban J connectivity index is 4.32. The molecule has 22 heavy (non-hydrogen) atoms. The van der Waals surface area contributed by atoms with Crippen LogP contribution >= 0.6 is 0 Å². The Labute approximate surface area is 125 Å². The number of aliphatic hydroxyl groups excluding tert-OH is 1. The molecule has 1 unspecified atom stereocenters. The molecule has 0 aliphatic rings. The molecule has 0 saturated carbocycles. The van der Waals surface area contributed by atoms with Gasteiger partial charge in [0.1, 0.15) is 12.6 Å². The highest BCUT2D eigenvalue weighted by Gasteiger charge is 2.27. The normalized spacial score (nSPS) is 13.3. The maximum absolute atomic E-state index is 11.5. The molecule has 0 aromatic heterocycles. The lowest BCUT2D eigenvalue weighted by Crippen LogP contribution is -2.68. The summed E-state index contributed by atoms with van der Waals surface area (Å²) in [6.07, 6.45) is -2.18. The van der Waals surface area contributed by atoms with Gasteiger partial charge >= 0.3 is 5.97 Å². The van der Waals surface area contributed by atoms with Gasteiger partial charge in [-0.3, -0.25) is 14.4 Å². The Morgan fingerprint density at radius 2 is 1.77 bits per heavy atom. The van der Waals surface area contributed by atoms with Crippen LogP contribution in [0, 0.1) is 0 Å². The fourth-order valence-electron chi connectivity index (χ4n) is 1.42. The number of carboxylic acids is 2. The minimum atomic E-state index is -2.22. The first-order valence-electron chi connectivity index (χ1n) is 6.34. The molecule has 0 aromatic rings. The highest BCUT2D eigenvalue weighted by molar-refractivity contribution is 5.89. The zero-order valence-corrected chi connectivity index (χ0v) is 11.7. The smallest absolute Gasteiger partial charge is 0.322 e. The molecule has 0 aliphatic carbocycles. The third-order valence-corrected chi connectivity index (χ3v) is 2.60. The number of nitrogens with one attached hydrogen (secondary N) is 2. The summed E-state index contributed by atoms with van der Waals surface area (Å²) < 4.78 is 0. The molecule has 11 nitrogen and oxygen atoms in total. The van der Waals surface area contributed by atoms with E-state index in [0.717, 1.165) is 0 Å². The van der Waals surface area contributed by atoms with Crippen LogP contribution in [0.5, 0.6) is 0 Å². The summed E-state index contributed by atoms with van der Waals surface area (Å²) in [6, 6.07) is -2.71. The van der Waals surface area contributed by atoms with Gasteiger partial charge in [-0.2, -0.15) is 0 Å². The summed E-state index contributed by atoms with van der Waals surface area (Å²) in [5.74, 6) is -4.49. The zero-order chi connectivity index (χ0) is 17.3. The van der Waals surface area contributed by atoms with Crippen LogP contribution in [0.2, 0.25) is 0 Å². The molecule has 8 N–H and O–H groups in total. The van der Waals surface area contributed by atoms with Gasteiger partial charge in [-0.05, 0) is 6.42 Å². The van der Waals surface area contributed by atoms with Gasteiger partial charge in [0.25, 0.3) is 0 Å². The predicted octanol–water partition coefficient (Wildman–Crippen LogP) is -5.49. The number of aliphatic carboxylic acids is 2. The van der Waals surface area contributed by atoms with Crippen molar-refractivity contribution in [3.63, 3.8) is 0 Å². The monoisotopic (exact) mass is 321 g/mol. The number of amides is 2. The van der Waals surface area contributed by atoms with Crippen LogP contribution in [0.4, 0.5) is 0 Å². The quantitative estimate of drug-likeness (QED) is 0.213. The number of hydrogen-bond acceptors (Lipinski definition) is 7. The van der Waals surface area contributed by atoms with Crippen LogP contribution < -0.4 is 21.5 Å². The molecule has 0 radical (unpaired) electrons. The number of hydrogen-bond donors (Lipinski definition) is 6. The van der Waals surface area contributed by atoms with Crippen LogP contribution in [-0.2, 0) is 19.2 Å². The zero-order valence-electron chi connectivity index (χ0n) is 11.7. The van der Waals surface area contributed by atoms with Gasteiger partial charge in [-0.15, -0.1) is 0 Å². The lowest BCUT2D eigenvalue weighted by atomic mass is 10.1. The van der Waals surface area contributed by atoms with Gasteiger partial charge < -0.3 is 41.6 Å². The molecule has 0 aromatic carbocycles. The standard InChI is InChI=1S/C11H19N3O8/c12-5(10(19)20)2-1-3-6(15)14-8(11(21)22)9(18)13-4-7(16)17/h5,8,11,21-22H,1-4,12H2,(H,13,18)(H,14,15)(H,16,17)(H,19,20)/t5-,8?/m0/s1. The average molecular weight is 321 g/mol. The van der Waals surface area contributed by atoms with E-state index < -0.39 is 48.7 Å². The Bertz CT molecular complexity index is 426. The predicted molar refractivity (Wildman–Crippen MR) is 66.3 cm³/mol. The molecule has 0 spiro atoms. The number of rotatable bonds is 10. The third-order valence-electron chi connectivity index (χ3n) is 2.60. The summed E-state index contributed by atoms with van der Waals surface area (Å²) in [6.45, 7) is -0.743. The minimum absolute atomic E-state index is 0.0767. The van der Waals surface area contributed by atoms with Crippen molar-refractivity contribution < 1.29 is 45.3 Å². The van der Waals surface area contributed by atoms with E-state index in [0.29, 0.717) is 0 Å². The van der Waals surface area contributed by atoms with E-state index >= 15 is 0 Å². The SMILES string of the molecule is [NH3+][C@@H](CCCC(=O)NC(C(=O)NCC(=O)O)C(O)O)C(=O)[O-]. The molecular weight excluding hydrogens is 302 g/mol. The minimum Gasteiger partial charge on any atom is -0.544 e. The fraction of sp³-hybridized carbons (Fsp3) is 0.636. The molecule has 0 bridgehead atoms. The first-order valence-corrected chi connectivity index (χ1v) is 6.34. The van der Waals surface area contributed by atoms with Crippen molar-refractivity contribution in [2.45, 2.75) is 37.6 Å². The van der Waals surface area contributed by atoms with Gasteiger partial charge in [-0.25, -0.2) is 0 Å². The lowest BCUT2D eigenvalue weighted by molar-refractivity contribution is -0.438. The summed E-state index contributed by atoms with van der Waals surface area (Å²) >= 11 is 0. The van der Waals surface area contributed by atoms with Crippen molar-refractivity contribution in [3.8, 4) is 0 Å². The number of quaternary nitrogens is 1. The van der Waals surface area contributed by atoms with E-state index in [1.54, 1.807) is 0 Å². The van der Waals surface area contributed by atoms with Crippen LogP contribution in [0.3, 0.4) is 0 Å². The molecular formula is C11H19N3O8. The number of aliphatic hydroxyl groups is 2. The van der Waals surface area contributed by atoms with Crippen LogP contribution in [-0.4, -0.2) is 64.0 Å². The molecule has 0 saturated heterocycles. The van der Waals surface area contributed by atoms with Gasteiger partial charge in [0.05, 0.1) is 5.97 Å². The molecule has 2 atom stereocenters. The Morgan fingerprint density at radius 3 is 2.23 bits per heavy atom. The molecule has 126 valence electrons. The van der Waals surface area contributed by atoms with Crippen molar-refractivity contribution in [1.29, 1.82) is 0 Å². The fourth-order valence-corrected chi connectivity index (χ4v) is 1.42. The molecule has 0 rings (SSSR count). The van der Waals surface area contributed by atoms with Gasteiger partial charge in [0, 0.05) is 12.8 Å². The first kappa shape index (κ1) is 19.8. The van der Waals surface area contributed by atoms with Crippen LogP contribution in [0.25, 0.3) is 0 Å². The van der Waals surface area contributed by atoms with E-state index in [1.807, 2.05) is 10.6 Å². The molecule has 2 amide bonds. The first-order chi connectivity index (χ1) is 10.1. The summed E-state index contributed by atoms with van der Waals surface area (Å²) in [5.41, 5.74) is 3.30. The van der Waals surface area contributed by atoms with E-state index in [9.17, 15) is 24.3 Å². The Kier molecular flexibility index (Phi) is 8.67. The van der Waals surface area contributed by atoms with Gasteiger partial charge in [-0.1, -0.05) is 0 Å². The summed E-state index contributed by atoms with van der Waals surface area (Å²) in [4.78, 5) is 43.7. The number of carbonyl (C=O) groups is 4. The second-order valence-corrected chi connectivity index (χ2v) is 4.48. The van der Waals surface area contributed by atoms with Crippen molar-refractivity contribution in [2.24, 2.45) is 0 Å². The number of carboxylic acid groups (broad SMARTS) is 2. The highest BCUT2D eigenvalue weighted by atomic mass is 16.5. The van der Waals surface area contributed by atoms with Gasteiger partial charge in [0.2, 0.25) is 11.8 Å². The molecule has 0 fully saturated rings. The topological polar surface area (TPSA) is 204 Å². The van der Waals surface area contributed by atoms with E-state index in [-0.39, 0.29) is 19.3 Å². The summed E-state index contributed by atoms with van der Waals surface area (Å²) in [5, 5.41) is 40.8. The van der Waals surface area contributed by atoms with Crippen molar-refractivity contribution in [2.75, 3.05) is 6.54 Å². The van der Waals surface area contributed by atoms with Crippen LogP contribution in [0.15, 0.2) is 0 Å². The third kappa shape index (κ3) is 8.14. The van der Waals surface area contributed by atoms with E-state index in [1.165, 1.54) is 0 Å². The van der Waals surface area contributed by atoms with Gasteiger partial charge in [0.15, 0.2) is 12.3 Å². The van der Waals surface area contributed by atoms with Crippen molar-refractivity contribution in [3.05, 3.63) is 0 Å². The molecule has 0 heterocycles. The maximum atomic E-state index is 11.5. The molecule has 11 heteroatoms. The van der Waals surface area contributed by atoms with E-state index in [4.69, 9.17) is 15.3 Å². The Hall–Kier alpha value is -2.24. The largest absolute Gasteiger partial charge is 0.544 e. The second-order valence-electron chi connectivity index (χ2n) is 4.48. The summed E-state index contributed by atoms with van der Waals surface area (Å²) in [7, 11) is 0. The molecule has 0 aliphatic heterocycles. The van der Waals surface area contributed by atoms with Crippen LogP contribution in [0.1, 0.15) is 19.3 Å². The maximum Gasteiger partial charge on any atom is 0.322 e. The number of carbonyl (C=O) groups excluding carboxylic acids is 3. The Morgan fingerprint density at radius 1 is 1.18 bits per heavy atom. The average Bonchev–Trinajstić information content (AvgIpc) is 2.41. The highest BCUT2D eigenvalue weighted by Crippen LogP contribution is 1.99. The van der Waals surface area contributed by atoms with E-state index in [2.05, 4.69) is 5.73 Å². The second kappa shape index (κ2) is 9.65. The lowest BCUT2D eigenvalue weighted by Gasteiger charge is -2.19. The van der Waals surface area contributed by atoms with Crippen molar-refractivity contribution >= 4 is 23.8 Å².